The molecule has 4 heterocycles. The van der Waals surface area contributed by atoms with Crippen LogP contribution < -0.4 is 10.6 Å². The van der Waals surface area contributed by atoms with Gasteiger partial charge in [0.15, 0.2) is 0 Å². The fraction of sp³-hybridized carbons (Fsp3) is 0.579. The number of piperidine rings is 2. The van der Waals surface area contributed by atoms with Crippen LogP contribution in [-0.2, 0) is 7.05 Å². The Labute approximate surface area is 159 Å². The van der Waals surface area contributed by atoms with Gasteiger partial charge in [0.25, 0.3) is 5.91 Å². The summed E-state index contributed by atoms with van der Waals surface area (Å²) in [5, 5.41) is 8.23. The second-order valence-corrected chi connectivity index (χ2v) is 7.60. The van der Waals surface area contributed by atoms with E-state index >= 15 is 0 Å². The number of carbonyl (C=O) groups is 1. The van der Waals surface area contributed by atoms with Crippen LogP contribution in [0, 0.1) is 0 Å². The van der Waals surface area contributed by atoms with E-state index in [1.807, 2.05) is 28.6 Å². The maximum atomic E-state index is 12.6. The number of rotatable bonds is 3. The Morgan fingerprint density at radius 3 is 2.44 bits per heavy atom. The van der Waals surface area contributed by atoms with Crippen molar-refractivity contribution in [2.45, 2.75) is 37.6 Å². The summed E-state index contributed by atoms with van der Waals surface area (Å²) in [6, 6.07) is 4.08. The van der Waals surface area contributed by atoms with Crippen LogP contribution in [0.4, 0.5) is 5.82 Å². The van der Waals surface area contributed by atoms with Gasteiger partial charge in [-0.15, -0.1) is 10.2 Å². The van der Waals surface area contributed by atoms with Gasteiger partial charge in [-0.1, -0.05) is 0 Å². The lowest BCUT2D eigenvalue weighted by atomic mass is 9.96. The first-order valence-electron chi connectivity index (χ1n) is 9.71. The average molecular weight is 369 g/mol. The maximum absolute atomic E-state index is 12.6. The Bertz CT molecular complexity index is 772. The van der Waals surface area contributed by atoms with Gasteiger partial charge in [-0.05, 0) is 37.8 Å². The molecule has 0 bridgehead atoms. The summed E-state index contributed by atoms with van der Waals surface area (Å²) in [5.41, 5.74) is 6.58. The van der Waals surface area contributed by atoms with E-state index in [0.29, 0.717) is 11.5 Å². The molecule has 2 fully saturated rings. The molecular weight excluding hydrogens is 342 g/mol. The number of hydrogen-bond acceptors (Lipinski definition) is 6. The highest BCUT2D eigenvalue weighted by molar-refractivity contribution is 5.94. The van der Waals surface area contributed by atoms with Crippen LogP contribution in [0.3, 0.4) is 0 Å². The molecule has 144 valence electrons. The molecule has 2 aromatic rings. The molecule has 2 aliphatic rings. The van der Waals surface area contributed by atoms with E-state index in [-0.39, 0.29) is 11.9 Å². The third-order valence-corrected chi connectivity index (χ3v) is 5.75. The molecule has 0 radical (unpaired) electrons. The van der Waals surface area contributed by atoms with Gasteiger partial charge in [-0.25, -0.2) is 4.98 Å². The minimum atomic E-state index is 0.0574. The molecule has 8 heteroatoms. The molecule has 2 aliphatic heterocycles. The number of carbonyl (C=O) groups excluding carboxylic acids is 1. The van der Waals surface area contributed by atoms with Crippen LogP contribution >= 0.6 is 0 Å². The van der Waals surface area contributed by atoms with E-state index in [0.717, 1.165) is 63.5 Å². The zero-order chi connectivity index (χ0) is 18.8. The fourth-order valence-electron chi connectivity index (χ4n) is 4.01. The number of hydrogen-bond donors (Lipinski definition) is 1. The van der Waals surface area contributed by atoms with E-state index in [2.05, 4.69) is 20.1 Å². The number of amides is 1. The van der Waals surface area contributed by atoms with Crippen molar-refractivity contribution in [3.63, 3.8) is 0 Å². The summed E-state index contributed by atoms with van der Waals surface area (Å²) in [7, 11) is 2.00. The van der Waals surface area contributed by atoms with Crippen LogP contribution in [0.15, 0.2) is 24.7 Å². The predicted octanol–water partition coefficient (Wildman–Crippen LogP) is 1.16. The number of nitrogens with two attached hydrogens (primary N) is 1. The quantitative estimate of drug-likeness (QED) is 0.873. The monoisotopic (exact) mass is 369 g/mol. The molecule has 0 aliphatic carbocycles. The smallest absolute Gasteiger partial charge is 0.255 e. The lowest BCUT2D eigenvalue weighted by molar-refractivity contribution is 0.0714. The largest absolute Gasteiger partial charge is 0.357 e. The molecule has 2 N–H and O–H groups in total. The SMILES string of the molecule is Cn1cnnc1C1CCN(c2ccc(C(=O)N3CCC(N)CC3)cn2)CC1. The van der Waals surface area contributed by atoms with Crippen LogP contribution in [0.1, 0.15) is 47.8 Å². The molecule has 0 atom stereocenters. The normalized spacial score (nSPS) is 19.5. The second-order valence-electron chi connectivity index (χ2n) is 7.60. The van der Waals surface area contributed by atoms with Crippen LogP contribution in [0.5, 0.6) is 0 Å². The van der Waals surface area contributed by atoms with Crippen LogP contribution in [-0.4, -0.2) is 62.8 Å². The third-order valence-electron chi connectivity index (χ3n) is 5.75. The molecule has 0 spiro atoms. The zero-order valence-electron chi connectivity index (χ0n) is 15.8. The summed E-state index contributed by atoms with van der Waals surface area (Å²) in [5.74, 6) is 2.50. The molecule has 2 saturated heterocycles. The number of nitrogens with zero attached hydrogens (tertiary/aromatic N) is 6. The van der Waals surface area contributed by atoms with E-state index in [9.17, 15) is 4.79 Å². The van der Waals surface area contributed by atoms with Gasteiger partial charge in [-0.3, -0.25) is 4.79 Å². The van der Waals surface area contributed by atoms with Crippen molar-refractivity contribution in [3.8, 4) is 0 Å². The van der Waals surface area contributed by atoms with Gasteiger partial charge < -0.3 is 20.1 Å². The molecular formula is C19H27N7O. The topological polar surface area (TPSA) is 93.2 Å². The Kier molecular flexibility index (Phi) is 5.07. The van der Waals surface area contributed by atoms with E-state index < -0.39 is 0 Å². The number of pyridine rings is 1. The summed E-state index contributed by atoms with van der Waals surface area (Å²) < 4.78 is 2.01. The molecule has 0 saturated carbocycles. The lowest BCUT2D eigenvalue weighted by Crippen LogP contribution is -2.42. The Hall–Kier alpha value is -2.48. The standard InChI is InChI=1S/C19H27N7O/c1-24-13-22-23-18(24)14-4-8-25(9-5-14)17-3-2-15(12-21-17)19(27)26-10-6-16(20)7-11-26/h2-3,12-14,16H,4-11,20H2,1H3. The molecule has 4 rings (SSSR count). The number of anilines is 1. The Morgan fingerprint density at radius 1 is 1.11 bits per heavy atom. The first-order valence-corrected chi connectivity index (χ1v) is 9.71. The minimum Gasteiger partial charge on any atom is -0.357 e. The van der Waals surface area contributed by atoms with Crippen molar-refractivity contribution in [2.75, 3.05) is 31.1 Å². The predicted molar refractivity (Wildman–Crippen MR) is 103 cm³/mol. The number of aromatic nitrogens is 4. The van der Waals surface area contributed by atoms with Gasteiger partial charge in [0, 0.05) is 51.4 Å². The molecule has 1 amide bonds. The van der Waals surface area contributed by atoms with Gasteiger partial charge in [0.2, 0.25) is 0 Å². The highest BCUT2D eigenvalue weighted by Crippen LogP contribution is 2.28. The van der Waals surface area contributed by atoms with E-state index in [4.69, 9.17) is 5.73 Å². The Morgan fingerprint density at radius 2 is 1.85 bits per heavy atom. The van der Waals surface area contributed by atoms with Crippen molar-refractivity contribution in [1.82, 2.24) is 24.6 Å². The van der Waals surface area contributed by atoms with Gasteiger partial charge in [0.05, 0.1) is 5.56 Å². The van der Waals surface area contributed by atoms with Gasteiger partial charge in [-0.2, -0.15) is 0 Å². The van der Waals surface area contributed by atoms with E-state index in [1.165, 1.54) is 0 Å². The summed E-state index contributed by atoms with van der Waals surface area (Å²) in [6.45, 7) is 3.33. The number of aryl methyl sites for hydroxylation is 1. The van der Waals surface area contributed by atoms with E-state index in [1.54, 1.807) is 12.5 Å². The summed E-state index contributed by atoms with van der Waals surface area (Å²) >= 11 is 0. The second kappa shape index (κ2) is 7.64. The molecule has 27 heavy (non-hydrogen) atoms. The van der Waals surface area contributed by atoms with Crippen molar-refractivity contribution in [3.05, 3.63) is 36.0 Å². The average Bonchev–Trinajstić information content (AvgIpc) is 3.14. The molecule has 8 nitrogen and oxygen atoms in total. The zero-order valence-corrected chi connectivity index (χ0v) is 15.8. The van der Waals surface area contributed by atoms with Crippen molar-refractivity contribution < 1.29 is 4.79 Å². The first kappa shape index (κ1) is 17.9. The third kappa shape index (κ3) is 3.80. The fourth-order valence-corrected chi connectivity index (χ4v) is 4.01. The number of likely N-dealkylation sites (tertiary alicyclic amines) is 1. The first-order chi connectivity index (χ1) is 13.1. The summed E-state index contributed by atoms with van der Waals surface area (Å²) in [6.07, 6.45) is 7.28. The van der Waals surface area contributed by atoms with Crippen molar-refractivity contribution in [1.29, 1.82) is 0 Å². The van der Waals surface area contributed by atoms with Crippen molar-refractivity contribution in [2.24, 2.45) is 12.8 Å². The maximum Gasteiger partial charge on any atom is 0.255 e. The van der Waals surface area contributed by atoms with Crippen molar-refractivity contribution >= 4 is 11.7 Å². The van der Waals surface area contributed by atoms with Gasteiger partial charge >= 0.3 is 0 Å². The minimum absolute atomic E-state index is 0.0574. The molecule has 0 unspecified atom stereocenters. The Balaban J connectivity index is 1.35. The highest BCUT2D eigenvalue weighted by atomic mass is 16.2. The highest BCUT2D eigenvalue weighted by Gasteiger charge is 2.25. The van der Waals surface area contributed by atoms with Crippen LogP contribution in [0.25, 0.3) is 0 Å². The molecule has 2 aromatic heterocycles. The summed E-state index contributed by atoms with van der Waals surface area (Å²) in [4.78, 5) is 21.3. The molecule has 0 aromatic carbocycles. The van der Waals surface area contributed by atoms with Gasteiger partial charge in [0.1, 0.15) is 18.0 Å². The van der Waals surface area contributed by atoms with Crippen LogP contribution in [0.2, 0.25) is 0 Å². The lowest BCUT2D eigenvalue weighted by Gasteiger charge is -2.32.